The Balaban J connectivity index is 2.60. The minimum Gasteiger partial charge on any atom is -0.497 e. The Morgan fingerprint density at radius 1 is 1.25 bits per heavy atom. The standard InChI is InChI=1S/C13H19BrO2/c1-4-10(5-2)9-16-13-7-6-11(15-3)8-12(13)14/h6-8,10H,4-5,9H2,1-3H3. The zero-order chi connectivity index (χ0) is 12.0. The lowest BCUT2D eigenvalue weighted by Gasteiger charge is -2.15. The van der Waals surface area contributed by atoms with Crippen LogP contribution in [0, 0.1) is 5.92 Å². The first-order chi connectivity index (χ1) is 7.71. The van der Waals surface area contributed by atoms with E-state index in [4.69, 9.17) is 9.47 Å². The minimum absolute atomic E-state index is 0.633. The van der Waals surface area contributed by atoms with E-state index in [0.29, 0.717) is 5.92 Å². The van der Waals surface area contributed by atoms with Gasteiger partial charge in [0.15, 0.2) is 0 Å². The van der Waals surface area contributed by atoms with Crippen LogP contribution in [0.15, 0.2) is 22.7 Å². The van der Waals surface area contributed by atoms with Crippen LogP contribution in [0.4, 0.5) is 0 Å². The van der Waals surface area contributed by atoms with Crippen molar-refractivity contribution in [3.63, 3.8) is 0 Å². The molecule has 0 aromatic heterocycles. The lowest BCUT2D eigenvalue weighted by molar-refractivity contribution is 0.239. The van der Waals surface area contributed by atoms with Crippen molar-refractivity contribution in [2.45, 2.75) is 26.7 Å². The summed E-state index contributed by atoms with van der Waals surface area (Å²) in [5.41, 5.74) is 0. The van der Waals surface area contributed by atoms with Gasteiger partial charge in [-0.3, -0.25) is 0 Å². The highest BCUT2D eigenvalue weighted by molar-refractivity contribution is 9.10. The molecule has 90 valence electrons. The fraction of sp³-hybridized carbons (Fsp3) is 0.538. The van der Waals surface area contributed by atoms with Gasteiger partial charge in [0.1, 0.15) is 11.5 Å². The molecule has 0 atom stereocenters. The summed E-state index contributed by atoms with van der Waals surface area (Å²) < 4.78 is 11.9. The van der Waals surface area contributed by atoms with Crippen LogP contribution in [-0.4, -0.2) is 13.7 Å². The number of hydrogen-bond acceptors (Lipinski definition) is 2. The highest BCUT2D eigenvalue weighted by Gasteiger charge is 2.07. The molecule has 0 heterocycles. The van der Waals surface area contributed by atoms with E-state index >= 15 is 0 Å². The number of hydrogen-bond donors (Lipinski definition) is 0. The highest BCUT2D eigenvalue weighted by Crippen LogP contribution is 2.29. The Labute approximate surface area is 106 Å². The van der Waals surface area contributed by atoms with Gasteiger partial charge in [-0.15, -0.1) is 0 Å². The topological polar surface area (TPSA) is 18.5 Å². The average molecular weight is 287 g/mol. The highest BCUT2D eigenvalue weighted by atomic mass is 79.9. The molecule has 0 radical (unpaired) electrons. The zero-order valence-electron chi connectivity index (χ0n) is 10.1. The first kappa shape index (κ1) is 13.4. The molecule has 2 nitrogen and oxygen atoms in total. The number of rotatable bonds is 6. The third kappa shape index (κ3) is 3.71. The molecule has 16 heavy (non-hydrogen) atoms. The smallest absolute Gasteiger partial charge is 0.133 e. The molecule has 1 aromatic carbocycles. The summed E-state index contributed by atoms with van der Waals surface area (Å²) in [6.45, 7) is 5.17. The maximum absolute atomic E-state index is 5.78. The summed E-state index contributed by atoms with van der Waals surface area (Å²) in [4.78, 5) is 0. The van der Waals surface area contributed by atoms with E-state index < -0.39 is 0 Å². The van der Waals surface area contributed by atoms with E-state index in [1.165, 1.54) is 0 Å². The predicted octanol–water partition coefficient (Wildman–Crippen LogP) is 4.27. The van der Waals surface area contributed by atoms with Gasteiger partial charge < -0.3 is 9.47 Å². The van der Waals surface area contributed by atoms with Crippen LogP contribution in [0.3, 0.4) is 0 Å². The zero-order valence-corrected chi connectivity index (χ0v) is 11.7. The summed E-state index contributed by atoms with van der Waals surface area (Å²) in [5, 5.41) is 0. The second-order valence-corrected chi connectivity index (χ2v) is 4.64. The molecule has 0 amide bonds. The van der Waals surface area contributed by atoms with Crippen molar-refractivity contribution >= 4 is 15.9 Å². The minimum atomic E-state index is 0.633. The van der Waals surface area contributed by atoms with Gasteiger partial charge in [-0.25, -0.2) is 0 Å². The van der Waals surface area contributed by atoms with E-state index in [0.717, 1.165) is 35.4 Å². The first-order valence-corrected chi connectivity index (χ1v) is 6.46. The second-order valence-electron chi connectivity index (χ2n) is 3.79. The number of halogens is 1. The van der Waals surface area contributed by atoms with Gasteiger partial charge >= 0.3 is 0 Å². The predicted molar refractivity (Wildman–Crippen MR) is 70.3 cm³/mol. The molecule has 0 bridgehead atoms. The van der Waals surface area contributed by atoms with E-state index in [-0.39, 0.29) is 0 Å². The fourth-order valence-corrected chi connectivity index (χ4v) is 1.93. The molecule has 0 aliphatic heterocycles. The molecule has 0 aliphatic rings. The van der Waals surface area contributed by atoms with Crippen molar-refractivity contribution in [2.24, 2.45) is 5.92 Å². The second kappa shape index (κ2) is 6.79. The van der Waals surface area contributed by atoms with Crippen molar-refractivity contribution in [1.82, 2.24) is 0 Å². The third-order valence-corrected chi connectivity index (χ3v) is 3.39. The average Bonchev–Trinajstić information content (AvgIpc) is 2.32. The first-order valence-electron chi connectivity index (χ1n) is 5.67. The Kier molecular flexibility index (Phi) is 5.67. The van der Waals surface area contributed by atoms with Crippen molar-refractivity contribution in [1.29, 1.82) is 0 Å². The number of ether oxygens (including phenoxy) is 2. The largest absolute Gasteiger partial charge is 0.497 e. The van der Waals surface area contributed by atoms with Gasteiger partial charge in [-0.05, 0) is 40.0 Å². The lowest BCUT2D eigenvalue weighted by atomic mass is 10.1. The Morgan fingerprint density at radius 2 is 1.94 bits per heavy atom. The van der Waals surface area contributed by atoms with Gasteiger partial charge in [0.2, 0.25) is 0 Å². The normalized spacial score (nSPS) is 10.6. The maximum Gasteiger partial charge on any atom is 0.133 e. The molecule has 0 saturated carbocycles. The van der Waals surface area contributed by atoms with Crippen molar-refractivity contribution in [3.05, 3.63) is 22.7 Å². The lowest BCUT2D eigenvalue weighted by Crippen LogP contribution is -2.10. The van der Waals surface area contributed by atoms with Crippen LogP contribution < -0.4 is 9.47 Å². The molecule has 0 aliphatic carbocycles. The number of methoxy groups -OCH3 is 1. The van der Waals surface area contributed by atoms with Gasteiger partial charge in [-0.1, -0.05) is 26.7 Å². The Morgan fingerprint density at radius 3 is 2.44 bits per heavy atom. The summed E-state index contributed by atoms with van der Waals surface area (Å²) in [7, 11) is 1.66. The quantitative estimate of drug-likeness (QED) is 0.777. The summed E-state index contributed by atoms with van der Waals surface area (Å²) >= 11 is 3.48. The summed E-state index contributed by atoms with van der Waals surface area (Å²) in [6.07, 6.45) is 2.31. The number of benzene rings is 1. The molecule has 0 fully saturated rings. The molecule has 1 aromatic rings. The molecule has 0 unspecified atom stereocenters. The van der Waals surface area contributed by atoms with Gasteiger partial charge in [0.25, 0.3) is 0 Å². The summed E-state index contributed by atoms with van der Waals surface area (Å²) in [5.74, 6) is 2.35. The van der Waals surface area contributed by atoms with Crippen LogP contribution in [0.2, 0.25) is 0 Å². The van der Waals surface area contributed by atoms with Crippen molar-refractivity contribution in [3.8, 4) is 11.5 Å². The SMILES string of the molecule is CCC(CC)COc1ccc(OC)cc1Br. The Hall–Kier alpha value is -0.700. The molecule has 0 N–H and O–H groups in total. The molecule has 0 spiro atoms. The van der Waals surface area contributed by atoms with Crippen LogP contribution >= 0.6 is 15.9 Å². The van der Waals surface area contributed by atoms with Crippen LogP contribution in [0.1, 0.15) is 26.7 Å². The van der Waals surface area contributed by atoms with Crippen molar-refractivity contribution in [2.75, 3.05) is 13.7 Å². The van der Waals surface area contributed by atoms with E-state index in [2.05, 4.69) is 29.8 Å². The molecule has 3 heteroatoms. The van der Waals surface area contributed by atoms with Crippen LogP contribution in [0.5, 0.6) is 11.5 Å². The molecular weight excluding hydrogens is 268 g/mol. The molecule has 1 rings (SSSR count). The van der Waals surface area contributed by atoms with E-state index in [1.807, 2.05) is 18.2 Å². The molecule has 0 saturated heterocycles. The van der Waals surface area contributed by atoms with E-state index in [1.54, 1.807) is 7.11 Å². The maximum atomic E-state index is 5.78. The van der Waals surface area contributed by atoms with Crippen LogP contribution in [0.25, 0.3) is 0 Å². The van der Waals surface area contributed by atoms with E-state index in [9.17, 15) is 0 Å². The van der Waals surface area contributed by atoms with Crippen molar-refractivity contribution < 1.29 is 9.47 Å². The third-order valence-electron chi connectivity index (χ3n) is 2.77. The van der Waals surface area contributed by atoms with Gasteiger partial charge in [0, 0.05) is 0 Å². The molecular formula is C13H19BrO2. The Bertz CT molecular complexity index is 322. The van der Waals surface area contributed by atoms with Crippen LogP contribution in [-0.2, 0) is 0 Å². The van der Waals surface area contributed by atoms with Gasteiger partial charge in [-0.2, -0.15) is 0 Å². The monoisotopic (exact) mass is 286 g/mol. The fourth-order valence-electron chi connectivity index (χ4n) is 1.46. The van der Waals surface area contributed by atoms with Gasteiger partial charge in [0.05, 0.1) is 18.2 Å². The summed E-state index contributed by atoms with van der Waals surface area (Å²) in [6, 6.07) is 5.76.